The van der Waals surface area contributed by atoms with Crippen molar-refractivity contribution in [3.63, 3.8) is 0 Å². The highest BCUT2D eigenvalue weighted by Crippen LogP contribution is 2.39. The number of likely N-dealkylation sites (tertiary alicyclic amines) is 1. The van der Waals surface area contributed by atoms with Gasteiger partial charge < -0.3 is 14.4 Å². The lowest BCUT2D eigenvalue weighted by Gasteiger charge is -2.39. The molecule has 2 aliphatic heterocycles. The minimum atomic E-state index is -0.109. The molecule has 4 nitrogen and oxygen atoms in total. The molecule has 0 bridgehead atoms. The van der Waals surface area contributed by atoms with Crippen LogP contribution in [0.2, 0.25) is 0 Å². The fourth-order valence-electron chi connectivity index (χ4n) is 3.53. The van der Waals surface area contributed by atoms with Crippen molar-refractivity contribution in [3.05, 3.63) is 22.4 Å². The van der Waals surface area contributed by atoms with Crippen molar-refractivity contribution >= 4 is 17.2 Å². The lowest BCUT2D eigenvalue weighted by molar-refractivity contribution is -0.0450. The highest BCUT2D eigenvalue weighted by Gasteiger charge is 2.44. The van der Waals surface area contributed by atoms with E-state index in [4.69, 9.17) is 9.47 Å². The van der Waals surface area contributed by atoms with Crippen molar-refractivity contribution < 1.29 is 14.3 Å². The van der Waals surface area contributed by atoms with Gasteiger partial charge in [0.1, 0.15) is 0 Å². The number of hydrogen-bond acceptors (Lipinski definition) is 4. The van der Waals surface area contributed by atoms with Crippen molar-refractivity contribution in [3.8, 4) is 0 Å². The molecule has 3 rings (SSSR count). The first-order chi connectivity index (χ1) is 10.2. The standard InChI is InChI=1S/C16H23NO3S/c1-19-7-3-13-9-16(20-10-13)5-2-6-17(12-16)15(18)14-4-8-21-11-14/h4,8,11,13H,2-3,5-7,9-10,12H2,1H3. The van der Waals surface area contributed by atoms with E-state index in [0.717, 1.165) is 57.6 Å². The van der Waals surface area contributed by atoms with Crippen LogP contribution in [0.25, 0.3) is 0 Å². The molecule has 21 heavy (non-hydrogen) atoms. The molecule has 2 atom stereocenters. The highest BCUT2D eigenvalue weighted by molar-refractivity contribution is 7.08. The molecule has 2 saturated heterocycles. The maximum Gasteiger partial charge on any atom is 0.254 e. The first-order valence-corrected chi connectivity index (χ1v) is 8.61. The number of ether oxygens (including phenoxy) is 2. The Morgan fingerprint density at radius 1 is 1.62 bits per heavy atom. The molecule has 1 aromatic rings. The van der Waals surface area contributed by atoms with E-state index in [1.54, 1.807) is 18.4 Å². The molecular formula is C16H23NO3S. The van der Waals surface area contributed by atoms with Crippen molar-refractivity contribution in [2.24, 2.45) is 5.92 Å². The number of methoxy groups -OCH3 is 1. The van der Waals surface area contributed by atoms with E-state index in [1.807, 2.05) is 21.7 Å². The average Bonchev–Trinajstić information content (AvgIpc) is 3.15. The predicted molar refractivity (Wildman–Crippen MR) is 82.7 cm³/mol. The highest BCUT2D eigenvalue weighted by atomic mass is 32.1. The van der Waals surface area contributed by atoms with Gasteiger partial charge >= 0.3 is 0 Å². The van der Waals surface area contributed by atoms with E-state index < -0.39 is 0 Å². The zero-order valence-corrected chi connectivity index (χ0v) is 13.4. The van der Waals surface area contributed by atoms with Crippen LogP contribution in [-0.2, 0) is 9.47 Å². The van der Waals surface area contributed by atoms with E-state index in [1.165, 1.54) is 0 Å². The van der Waals surface area contributed by atoms with Gasteiger partial charge in [-0.2, -0.15) is 11.3 Å². The summed E-state index contributed by atoms with van der Waals surface area (Å²) < 4.78 is 11.3. The first-order valence-electron chi connectivity index (χ1n) is 7.67. The summed E-state index contributed by atoms with van der Waals surface area (Å²) in [6, 6.07) is 1.91. The quantitative estimate of drug-likeness (QED) is 0.858. The van der Waals surface area contributed by atoms with Crippen LogP contribution < -0.4 is 0 Å². The Hall–Kier alpha value is -0.910. The van der Waals surface area contributed by atoms with E-state index in [2.05, 4.69) is 0 Å². The molecule has 0 N–H and O–H groups in total. The van der Waals surface area contributed by atoms with Crippen LogP contribution in [0.3, 0.4) is 0 Å². The zero-order chi connectivity index (χ0) is 14.7. The Morgan fingerprint density at radius 3 is 3.29 bits per heavy atom. The minimum Gasteiger partial charge on any atom is -0.385 e. The van der Waals surface area contributed by atoms with Crippen LogP contribution in [0.15, 0.2) is 16.8 Å². The SMILES string of the molecule is COCCC1COC2(CCCN(C(=O)c3ccsc3)C2)C1. The summed E-state index contributed by atoms with van der Waals surface area (Å²) >= 11 is 1.57. The second-order valence-corrected chi connectivity index (χ2v) is 6.97. The number of carbonyl (C=O) groups excluding carboxylic acids is 1. The molecule has 3 heterocycles. The van der Waals surface area contributed by atoms with Gasteiger partial charge in [0.05, 0.1) is 17.8 Å². The molecule has 1 amide bonds. The van der Waals surface area contributed by atoms with Gasteiger partial charge in [0, 0.05) is 32.2 Å². The van der Waals surface area contributed by atoms with Gasteiger partial charge in [0.25, 0.3) is 5.91 Å². The van der Waals surface area contributed by atoms with Crippen molar-refractivity contribution in [1.82, 2.24) is 4.90 Å². The molecule has 2 aliphatic rings. The third-order valence-electron chi connectivity index (χ3n) is 4.61. The number of amides is 1. The lowest BCUT2D eigenvalue weighted by Crippen LogP contribution is -2.50. The van der Waals surface area contributed by atoms with Crippen LogP contribution in [0.4, 0.5) is 0 Å². The second kappa shape index (κ2) is 6.46. The molecule has 0 aliphatic carbocycles. The molecule has 1 spiro atoms. The number of piperidine rings is 1. The van der Waals surface area contributed by atoms with Crippen molar-refractivity contribution in [1.29, 1.82) is 0 Å². The summed E-state index contributed by atoms with van der Waals surface area (Å²) in [6.45, 7) is 3.19. The van der Waals surface area contributed by atoms with Gasteiger partial charge in [0.15, 0.2) is 0 Å². The fourth-order valence-corrected chi connectivity index (χ4v) is 4.16. The Balaban J connectivity index is 1.62. The van der Waals surface area contributed by atoms with Crippen LogP contribution in [0.1, 0.15) is 36.0 Å². The van der Waals surface area contributed by atoms with Crippen molar-refractivity contribution in [2.45, 2.75) is 31.3 Å². The number of thiophene rings is 1. The number of carbonyl (C=O) groups is 1. The van der Waals surface area contributed by atoms with E-state index in [9.17, 15) is 4.79 Å². The average molecular weight is 309 g/mol. The third kappa shape index (κ3) is 3.30. The Morgan fingerprint density at radius 2 is 2.52 bits per heavy atom. The van der Waals surface area contributed by atoms with Gasteiger partial charge in [-0.25, -0.2) is 0 Å². The summed E-state index contributed by atoms with van der Waals surface area (Å²) in [6.07, 6.45) is 4.22. The summed E-state index contributed by atoms with van der Waals surface area (Å²) in [4.78, 5) is 14.5. The van der Waals surface area contributed by atoms with Crippen molar-refractivity contribution in [2.75, 3.05) is 33.4 Å². The van der Waals surface area contributed by atoms with Gasteiger partial charge in [0.2, 0.25) is 0 Å². The van der Waals surface area contributed by atoms with Crippen LogP contribution in [0.5, 0.6) is 0 Å². The molecule has 1 aromatic heterocycles. The number of hydrogen-bond donors (Lipinski definition) is 0. The maximum atomic E-state index is 12.5. The predicted octanol–water partition coefficient (Wildman–Crippen LogP) is 2.80. The number of nitrogens with zero attached hydrogens (tertiary/aromatic N) is 1. The summed E-state index contributed by atoms with van der Waals surface area (Å²) in [5.41, 5.74) is 0.702. The Bertz CT molecular complexity index is 476. The fraction of sp³-hybridized carbons (Fsp3) is 0.688. The Labute approximate surface area is 130 Å². The minimum absolute atomic E-state index is 0.109. The molecular weight excluding hydrogens is 286 g/mol. The van der Waals surface area contributed by atoms with E-state index in [-0.39, 0.29) is 11.5 Å². The van der Waals surface area contributed by atoms with Crippen LogP contribution >= 0.6 is 11.3 Å². The first kappa shape index (κ1) is 15.0. The van der Waals surface area contributed by atoms with Gasteiger partial charge in [-0.3, -0.25) is 4.79 Å². The largest absolute Gasteiger partial charge is 0.385 e. The Kier molecular flexibility index (Phi) is 4.62. The van der Waals surface area contributed by atoms with Gasteiger partial charge in [-0.1, -0.05) is 0 Å². The number of rotatable bonds is 4. The monoisotopic (exact) mass is 309 g/mol. The third-order valence-corrected chi connectivity index (χ3v) is 5.29. The molecule has 2 fully saturated rings. The second-order valence-electron chi connectivity index (χ2n) is 6.19. The normalized spacial score (nSPS) is 29.2. The zero-order valence-electron chi connectivity index (χ0n) is 12.5. The molecule has 5 heteroatoms. The topological polar surface area (TPSA) is 38.8 Å². The van der Waals surface area contributed by atoms with E-state index >= 15 is 0 Å². The molecule has 116 valence electrons. The lowest BCUT2D eigenvalue weighted by atomic mass is 9.85. The van der Waals surface area contributed by atoms with E-state index in [0.29, 0.717) is 5.92 Å². The summed E-state index contributed by atoms with van der Waals surface area (Å²) in [5.74, 6) is 0.723. The van der Waals surface area contributed by atoms with Gasteiger partial charge in [-0.05, 0) is 43.0 Å². The molecule has 0 aromatic carbocycles. The maximum absolute atomic E-state index is 12.5. The molecule has 0 radical (unpaired) electrons. The summed E-state index contributed by atoms with van der Waals surface area (Å²) in [5, 5.41) is 3.89. The smallest absolute Gasteiger partial charge is 0.254 e. The molecule has 2 unspecified atom stereocenters. The summed E-state index contributed by atoms with van der Waals surface area (Å²) in [7, 11) is 1.74. The van der Waals surface area contributed by atoms with Crippen LogP contribution in [0, 0.1) is 5.92 Å². The van der Waals surface area contributed by atoms with Crippen LogP contribution in [-0.4, -0.2) is 49.8 Å². The van der Waals surface area contributed by atoms with Gasteiger partial charge in [-0.15, -0.1) is 0 Å². The molecule has 0 saturated carbocycles.